The van der Waals surface area contributed by atoms with Gasteiger partial charge in [-0.05, 0) is 25.8 Å². The topological polar surface area (TPSA) is 69.4 Å². The standard InChI is InChI=1S/C14H16FNO4/c1-4-14(3,13(17)20-5-2)9-10-7-6-8-11(12(10)15)16(18)19/h4,6-8H,1,5,9H2,2-3H3. The van der Waals surface area contributed by atoms with Gasteiger partial charge in [-0.3, -0.25) is 14.9 Å². The summed E-state index contributed by atoms with van der Waals surface area (Å²) in [7, 11) is 0. The van der Waals surface area contributed by atoms with Crippen molar-refractivity contribution in [2.75, 3.05) is 6.61 Å². The summed E-state index contributed by atoms with van der Waals surface area (Å²) in [4.78, 5) is 21.8. The third-order valence-electron chi connectivity index (χ3n) is 3.00. The fourth-order valence-corrected chi connectivity index (χ4v) is 1.76. The molecule has 6 heteroatoms. The van der Waals surface area contributed by atoms with E-state index in [-0.39, 0.29) is 18.6 Å². The minimum Gasteiger partial charge on any atom is -0.465 e. The van der Waals surface area contributed by atoms with E-state index in [0.29, 0.717) is 0 Å². The number of hydrogen-bond acceptors (Lipinski definition) is 4. The number of ether oxygens (including phenoxy) is 1. The molecule has 0 spiro atoms. The molecule has 0 saturated carbocycles. The highest BCUT2D eigenvalue weighted by Gasteiger charge is 2.33. The van der Waals surface area contributed by atoms with E-state index in [9.17, 15) is 19.3 Å². The fraction of sp³-hybridized carbons (Fsp3) is 0.357. The van der Waals surface area contributed by atoms with E-state index in [1.165, 1.54) is 18.2 Å². The van der Waals surface area contributed by atoms with Crippen LogP contribution in [0.25, 0.3) is 0 Å². The molecule has 0 aromatic heterocycles. The predicted molar refractivity (Wildman–Crippen MR) is 71.7 cm³/mol. The van der Waals surface area contributed by atoms with E-state index < -0.39 is 27.8 Å². The van der Waals surface area contributed by atoms with E-state index in [0.717, 1.165) is 6.07 Å². The van der Waals surface area contributed by atoms with Crippen LogP contribution >= 0.6 is 0 Å². The smallest absolute Gasteiger partial charge is 0.315 e. The summed E-state index contributed by atoms with van der Waals surface area (Å²) in [6.07, 6.45) is 1.31. The van der Waals surface area contributed by atoms with Gasteiger partial charge in [-0.2, -0.15) is 4.39 Å². The minimum absolute atomic E-state index is 0.0527. The van der Waals surface area contributed by atoms with Gasteiger partial charge in [-0.1, -0.05) is 18.2 Å². The van der Waals surface area contributed by atoms with Crippen LogP contribution in [0.2, 0.25) is 0 Å². The Balaban J connectivity index is 3.14. The predicted octanol–water partition coefficient (Wildman–Crippen LogP) is 3.03. The molecule has 0 fully saturated rings. The maximum Gasteiger partial charge on any atom is 0.315 e. The van der Waals surface area contributed by atoms with E-state index in [2.05, 4.69) is 6.58 Å². The molecule has 0 aliphatic carbocycles. The highest BCUT2D eigenvalue weighted by Crippen LogP contribution is 2.29. The van der Waals surface area contributed by atoms with Crippen molar-refractivity contribution in [1.29, 1.82) is 0 Å². The van der Waals surface area contributed by atoms with E-state index >= 15 is 0 Å². The largest absolute Gasteiger partial charge is 0.465 e. The molecular formula is C14H16FNO4. The van der Waals surface area contributed by atoms with Crippen molar-refractivity contribution < 1.29 is 18.8 Å². The van der Waals surface area contributed by atoms with Crippen molar-refractivity contribution in [3.8, 4) is 0 Å². The maximum absolute atomic E-state index is 14.0. The maximum atomic E-state index is 14.0. The minimum atomic E-state index is -1.13. The SMILES string of the molecule is C=CC(C)(Cc1cccc([N+](=O)[O-])c1F)C(=O)OCC. The Bertz CT molecular complexity index is 544. The second kappa shape index (κ2) is 6.27. The number of carbonyl (C=O) groups is 1. The molecule has 1 atom stereocenters. The molecule has 0 bridgehead atoms. The number of nitrogens with zero attached hydrogens (tertiary/aromatic N) is 1. The van der Waals surface area contributed by atoms with Gasteiger partial charge < -0.3 is 4.74 Å². The third-order valence-corrected chi connectivity index (χ3v) is 3.00. The molecule has 1 aromatic rings. The lowest BCUT2D eigenvalue weighted by atomic mass is 9.83. The van der Waals surface area contributed by atoms with Crippen LogP contribution in [-0.4, -0.2) is 17.5 Å². The first-order valence-electron chi connectivity index (χ1n) is 6.08. The Hall–Kier alpha value is -2.24. The van der Waals surface area contributed by atoms with Crippen molar-refractivity contribution in [3.05, 3.63) is 52.3 Å². The number of hydrogen-bond donors (Lipinski definition) is 0. The van der Waals surface area contributed by atoms with Gasteiger partial charge in [-0.25, -0.2) is 0 Å². The van der Waals surface area contributed by atoms with Gasteiger partial charge in [0, 0.05) is 6.07 Å². The van der Waals surface area contributed by atoms with Crippen molar-refractivity contribution in [2.24, 2.45) is 5.41 Å². The molecule has 1 unspecified atom stereocenters. The Morgan fingerprint density at radius 2 is 2.25 bits per heavy atom. The Morgan fingerprint density at radius 1 is 1.60 bits per heavy atom. The van der Waals surface area contributed by atoms with Crippen LogP contribution in [0.3, 0.4) is 0 Å². The Morgan fingerprint density at radius 3 is 2.75 bits per heavy atom. The highest BCUT2D eigenvalue weighted by atomic mass is 19.1. The number of halogens is 1. The second-order valence-electron chi connectivity index (χ2n) is 4.53. The molecule has 0 heterocycles. The van der Waals surface area contributed by atoms with Gasteiger partial charge in [-0.15, -0.1) is 6.58 Å². The molecular weight excluding hydrogens is 265 g/mol. The third kappa shape index (κ3) is 3.20. The van der Waals surface area contributed by atoms with Gasteiger partial charge >= 0.3 is 11.7 Å². The zero-order chi connectivity index (χ0) is 15.3. The average molecular weight is 281 g/mol. The van der Waals surface area contributed by atoms with E-state index in [1.807, 2.05) is 0 Å². The number of carbonyl (C=O) groups excluding carboxylic acids is 1. The molecule has 1 rings (SSSR count). The van der Waals surface area contributed by atoms with Crippen LogP contribution in [0.15, 0.2) is 30.9 Å². The lowest BCUT2D eigenvalue weighted by Crippen LogP contribution is -2.30. The molecule has 108 valence electrons. The van der Waals surface area contributed by atoms with Gasteiger partial charge in [0.25, 0.3) is 0 Å². The van der Waals surface area contributed by atoms with Gasteiger partial charge in [0.1, 0.15) is 0 Å². The molecule has 0 amide bonds. The molecule has 0 radical (unpaired) electrons. The van der Waals surface area contributed by atoms with Crippen molar-refractivity contribution >= 4 is 11.7 Å². The van der Waals surface area contributed by atoms with E-state index in [4.69, 9.17) is 4.74 Å². The van der Waals surface area contributed by atoms with Crippen molar-refractivity contribution in [2.45, 2.75) is 20.3 Å². The highest BCUT2D eigenvalue weighted by molar-refractivity contribution is 5.79. The van der Waals surface area contributed by atoms with Crippen LogP contribution in [0.4, 0.5) is 10.1 Å². The van der Waals surface area contributed by atoms with Crippen LogP contribution in [0.1, 0.15) is 19.4 Å². The summed E-state index contributed by atoms with van der Waals surface area (Å²) < 4.78 is 18.9. The van der Waals surface area contributed by atoms with Crippen LogP contribution in [0, 0.1) is 21.3 Å². The van der Waals surface area contributed by atoms with Crippen LogP contribution in [0.5, 0.6) is 0 Å². The molecule has 5 nitrogen and oxygen atoms in total. The molecule has 0 aliphatic rings. The quantitative estimate of drug-likeness (QED) is 0.348. The van der Waals surface area contributed by atoms with Crippen LogP contribution in [-0.2, 0) is 16.0 Å². The van der Waals surface area contributed by atoms with Crippen molar-refractivity contribution in [3.63, 3.8) is 0 Å². The Kier molecular flexibility index (Phi) is 4.96. The van der Waals surface area contributed by atoms with Gasteiger partial charge in [0.2, 0.25) is 5.82 Å². The summed E-state index contributed by atoms with van der Waals surface area (Å²) >= 11 is 0. The lowest BCUT2D eigenvalue weighted by Gasteiger charge is -2.23. The van der Waals surface area contributed by atoms with Gasteiger partial charge in [0.05, 0.1) is 16.9 Å². The number of esters is 1. The molecule has 0 saturated heterocycles. The Labute approximate surface area is 116 Å². The number of rotatable bonds is 6. The van der Waals surface area contributed by atoms with E-state index in [1.54, 1.807) is 13.8 Å². The zero-order valence-corrected chi connectivity index (χ0v) is 11.4. The number of nitro groups is 1. The molecule has 0 N–H and O–H groups in total. The summed E-state index contributed by atoms with van der Waals surface area (Å²) in [6, 6.07) is 3.86. The monoisotopic (exact) mass is 281 g/mol. The summed E-state index contributed by atoms with van der Waals surface area (Å²) in [6.45, 7) is 6.97. The second-order valence-corrected chi connectivity index (χ2v) is 4.53. The zero-order valence-electron chi connectivity index (χ0n) is 11.4. The normalized spacial score (nSPS) is 13.3. The first-order chi connectivity index (χ1) is 9.35. The number of nitro benzene ring substituents is 1. The first kappa shape index (κ1) is 15.8. The summed E-state index contributed by atoms with van der Waals surface area (Å²) in [5.74, 6) is -1.48. The average Bonchev–Trinajstić information content (AvgIpc) is 2.40. The molecule has 20 heavy (non-hydrogen) atoms. The van der Waals surface area contributed by atoms with Crippen molar-refractivity contribution in [1.82, 2.24) is 0 Å². The lowest BCUT2D eigenvalue weighted by molar-refractivity contribution is -0.387. The van der Waals surface area contributed by atoms with Gasteiger partial charge in [0.15, 0.2) is 0 Å². The molecule has 0 aliphatic heterocycles. The summed E-state index contributed by atoms with van der Waals surface area (Å²) in [5, 5.41) is 10.7. The summed E-state index contributed by atoms with van der Waals surface area (Å²) in [5.41, 5.74) is -1.67. The first-order valence-corrected chi connectivity index (χ1v) is 6.08. The number of benzene rings is 1. The van der Waals surface area contributed by atoms with Crippen LogP contribution < -0.4 is 0 Å². The molecule has 1 aromatic carbocycles. The fourth-order valence-electron chi connectivity index (χ4n) is 1.76.